The molecule has 110 valence electrons. The summed E-state index contributed by atoms with van der Waals surface area (Å²) in [6.07, 6.45) is 4.08. The lowest BCUT2D eigenvalue weighted by Crippen LogP contribution is -2.33. The van der Waals surface area contributed by atoms with Crippen LogP contribution >= 0.6 is 11.8 Å². The van der Waals surface area contributed by atoms with Crippen molar-refractivity contribution in [3.8, 4) is 0 Å². The number of nitrogens with zero attached hydrogens (tertiary/aromatic N) is 3. The van der Waals surface area contributed by atoms with Crippen LogP contribution < -0.4 is 10.2 Å². The van der Waals surface area contributed by atoms with Gasteiger partial charge in [0.1, 0.15) is 18.0 Å². The summed E-state index contributed by atoms with van der Waals surface area (Å²) in [5.41, 5.74) is 0. The lowest BCUT2D eigenvalue weighted by molar-refractivity contribution is 0.0595. The van der Waals surface area contributed by atoms with Crippen molar-refractivity contribution in [1.82, 2.24) is 9.97 Å². The first-order chi connectivity index (χ1) is 9.92. The summed E-state index contributed by atoms with van der Waals surface area (Å²) in [5.74, 6) is 4.95. The number of rotatable bonds is 4. The smallest absolute Gasteiger partial charge is 0.134 e. The van der Waals surface area contributed by atoms with E-state index in [0.717, 1.165) is 44.5 Å². The van der Waals surface area contributed by atoms with E-state index in [1.807, 2.05) is 11.8 Å². The summed E-state index contributed by atoms with van der Waals surface area (Å²) in [4.78, 5) is 11.1. The molecule has 0 radical (unpaired) electrons. The molecule has 0 aromatic carbocycles. The van der Waals surface area contributed by atoms with Gasteiger partial charge < -0.3 is 15.0 Å². The quantitative estimate of drug-likeness (QED) is 0.915. The van der Waals surface area contributed by atoms with Gasteiger partial charge >= 0.3 is 0 Å². The fourth-order valence-electron chi connectivity index (χ4n) is 2.63. The molecule has 2 fully saturated rings. The SMILES string of the molecule is c1nc(NCC2CCCOC2)cc(N2CCSCC2)n1. The third-order valence-electron chi connectivity index (χ3n) is 3.81. The largest absolute Gasteiger partial charge is 0.381 e. The predicted octanol–water partition coefficient (Wildman–Crippen LogP) is 1.87. The predicted molar refractivity (Wildman–Crippen MR) is 83.6 cm³/mol. The molecule has 0 amide bonds. The number of ether oxygens (including phenoxy) is 1. The molecule has 20 heavy (non-hydrogen) atoms. The summed E-state index contributed by atoms with van der Waals surface area (Å²) in [6, 6.07) is 2.07. The Balaban J connectivity index is 1.56. The number of nitrogens with one attached hydrogen (secondary N) is 1. The van der Waals surface area contributed by atoms with Crippen molar-refractivity contribution < 1.29 is 4.74 Å². The molecule has 3 rings (SSSR count). The van der Waals surface area contributed by atoms with Gasteiger partial charge in [-0.05, 0) is 18.8 Å². The van der Waals surface area contributed by atoms with Crippen LogP contribution in [0.5, 0.6) is 0 Å². The average Bonchev–Trinajstić information content (AvgIpc) is 2.55. The van der Waals surface area contributed by atoms with Gasteiger partial charge in [-0.15, -0.1) is 0 Å². The standard InChI is InChI=1S/C14H22N4OS/c1-2-12(10-19-5-1)9-15-13-8-14(17-11-16-13)18-3-6-20-7-4-18/h8,11-12H,1-7,9-10H2,(H,15,16,17). The molecule has 6 heteroatoms. The van der Waals surface area contributed by atoms with Crippen molar-refractivity contribution in [1.29, 1.82) is 0 Å². The van der Waals surface area contributed by atoms with E-state index in [0.29, 0.717) is 5.92 Å². The molecule has 0 spiro atoms. The van der Waals surface area contributed by atoms with Gasteiger partial charge in [-0.2, -0.15) is 11.8 Å². The lowest BCUT2D eigenvalue weighted by atomic mass is 10.0. The Morgan fingerprint density at radius 2 is 2.25 bits per heavy atom. The fourth-order valence-corrected chi connectivity index (χ4v) is 3.53. The van der Waals surface area contributed by atoms with E-state index >= 15 is 0 Å². The number of aromatic nitrogens is 2. The second kappa shape index (κ2) is 7.13. The Labute approximate surface area is 124 Å². The first kappa shape index (κ1) is 13.9. The first-order valence-corrected chi connectivity index (χ1v) is 8.53. The Hall–Kier alpha value is -1.01. The van der Waals surface area contributed by atoms with E-state index in [-0.39, 0.29) is 0 Å². The van der Waals surface area contributed by atoms with E-state index in [9.17, 15) is 0 Å². The first-order valence-electron chi connectivity index (χ1n) is 7.38. The molecule has 2 aliphatic heterocycles. The highest BCUT2D eigenvalue weighted by Gasteiger charge is 2.15. The molecule has 1 aromatic heterocycles. The zero-order valence-corrected chi connectivity index (χ0v) is 12.6. The maximum atomic E-state index is 5.51. The summed E-state index contributed by atoms with van der Waals surface area (Å²) >= 11 is 2.01. The van der Waals surface area contributed by atoms with Gasteiger partial charge in [0, 0.05) is 43.8 Å². The molecular weight excluding hydrogens is 272 g/mol. The van der Waals surface area contributed by atoms with Gasteiger partial charge in [-0.25, -0.2) is 9.97 Å². The van der Waals surface area contributed by atoms with Crippen LogP contribution in [-0.2, 0) is 4.74 Å². The normalized spacial score (nSPS) is 23.6. The van der Waals surface area contributed by atoms with Gasteiger partial charge in [-0.3, -0.25) is 0 Å². The molecule has 3 heterocycles. The minimum Gasteiger partial charge on any atom is -0.381 e. The molecular formula is C14H22N4OS. The van der Waals surface area contributed by atoms with Crippen molar-refractivity contribution in [2.45, 2.75) is 12.8 Å². The molecule has 1 unspecified atom stereocenters. The maximum absolute atomic E-state index is 5.51. The van der Waals surface area contributed by atoms with Gasteiger partial charge in [0.15, 0.2) is 0 Å². The van der Waals surface area contributed by atoms with Gasteiger partial charge in [0.25, 0.3) is 0 Å². The Morgan fingerprint density at radius 3 is 3.05 bits per heavy atom. The highest BCUT2D eigenvalue weighted by Crippen LogP contribution is 2.19. The highest BCUT2D eigenvalue weighted by molar-refractivity contribution is 7.99. The van der Waals surface area contributed by atoms with Crippen LogP contribution in [0.1, 0.15) is 12.8 Å². The van der Waals surface area contributed by atoms with E-state index in [4.69, 9.17) is 4.74 Å². The average molecular weight is 294 g/mol. The zero-order valence-electron chi connectivity index (χ0n) is 11.8. The van der Waals surface area contributed by atoms with Crippen molar-refractivity contribution in [3.63, 3.8) is 0 Å². The second-order valence-corrected chi connectivity index (χ2v) is 6.55. The minimum atomic E-state index is 0.605. The summed E-state index contributed by atoms with van der Waals surface area (Å²) in [7, 11) is 0. The van der Waals surface area contributed by atoms with Gasteiger partial charge in [0.05, 0.1) is 6.61 Å². The summed E-state index contributed by atoms with van der Waals surface area (Å²) in [6.45, 7) is 4.89. The van der Waals surface area contributed by atoms with Crippen LogP contribution in [0.25, 0.3) is 0 Å². The van der Waals surface area contributed by atoms with Crippen LogP contribution in [0.3, 0.4) is 0 Å². The van der Waals surface area contributed by atoms with Crippen LogP contribution in [-0.4, -0.2) is 54.3 Å². The maximum Gasteiger partial charge on any atom is 0.134 e. The van der Waals surface area contributed by atoms with Crippen LogP contribution in [0, 0.1) is 5.92 Å². The van der Waals surface area contributed by atoms with Gasteiger partial charge in [-0.1, -0.05) is 0 Å². The Morgan fingerprint density at radius 1 is 1.35 bits per heavy atom. The molecule has 1 atom stereocenters. The number of hydrogen-bond acceptors (Lipinski definition) is 6. The van der Waals surface area contributed by atoms with Crippen molar-refractivity contribution in [3.05, 3.63) is 12.4 Å². The van der Waals surface area contributed by atoms with Crippen LogP contribution in [0.2, 0.25) is 0 Å². The van der Waals surface area contributed by atoms with Crippen molar-refractivity contribution in [2.24, 2.45) is 5.92 Å². The van der Waals surface area contributed by atoms with E-state index in [1.54, 1.807) is 6.33 Å². The van der Waals surface area contributed by atoms with E-state index < -0.39 is 0 Å². The van der Waals surface area contributed by atoms with Crippen LogP contribution in [0.15, 0.2) is 12.4 Å². The molecule has 0 aliphatic carbocycles. The third-order valence-corrected chi connectivity index (χ3v) is 4.76. The minimum absolute atomic E-state index is 0.605. The van der Waals surface area contributed by atoms with Crippen LogP contribution in [0.4, 0.5) is 11.6 Å². The molecule has 2 aliphatic rings. The van der Waals surface area contributed by atoms with E-state index in [2.05, 4.69) is 26.3 Å². The molecule has 0 saturated carbocycles. The summed E-state index contributed by atoms with van der Waals surface area (Å²) < 4.78 is 5.51. The highest BCUT2D eigenvalue weighted by atomic mass is 32.2. The Bertz CT molecular complexity index is 419. The molecule has 1 N–H and O–H groups in total. The monoisotopic (exact) mass is 294 g/mol. The number of anilines is 2. The van der Waals surface area contributed by atoms with E-state index in [1.165, 1.54) is 24.3 Å². The molecule has 5 nitrogen and oxygen atoms in total. The fraction of sp³-hybridized carbons (Fsp3) is 0.714. The number of thioether (sulfide) groups is 1. The molecule has 0 bridgehead atoms. The number of hydrogen-bond donors (Lipinski definition) is 1. The topological polar surface area (TPSA) is 50.3 Å². The zero-order chi connectivity index (χ0) is 13.6. The summed E-state index contributed by atoms with van der Waals surface area (Å²) in [5, 5.41) is 3.43. The Kier molecular flexibility index (Phi) is 4.97. The third kappa shape index (κ3) is 3.76. The molecule has 2 saturated heterocycles. The molecule has 1 aromatic rings. The van der Waals surface area contributed by atoms with Crippen molar-refractivity contribution in [2.75, 3.05) is 54.6 Å². The van der Waals surface area contributed by atoms with Crippen molar-refractivity contribution >= 4 is 23.4 Å². The lowest BCUT2D eigenvalue weighted by Gasteiger charge is -2.27. The second-order valence-electron chi connectivity index (χ2n) is 5.32. The van der Waals surface area contributed by atoms with Gasteiger partial charge in [0.2, 0.25) is 0 Å².